The Bertz CT molecular complexity index is 1120. The van der Waals surface area contributed by atoms with Crippen molar-refractivity contribution in [3.63, 3.8) is 0 Å². The summed E-state index contributed by atoms with van der Waals surface area (Å²) in [6.45, 7) is 5.03. The molecule has 144 valence electrons. The van der Waals surface area contributed by atoms with Crippen molar-refractivity contribution in [2.75, 3.05) is 18.5 Å². The maximum Gasteiger partial charge on any atom is 0.251 e. The SMILES string of the molecule is Cc1ccc2cc(CCC(=O)Nc3ccc4c(c3)OCCO4)c(=O)[nH]c2c1C. The van der Waals surface area contributed by atoms with Gasteiger partial charge in [0, 0.05) is 23.7 Å². The fourth-order valence-corrected chi connectivity index (χ4v) is 3.35. The molecular formula is C22H22N2O4. The number of ether oxygens (including phenoxy) is 2. The molecule has 28 heavy (non-hydrogen) atoms. The minimum absolute atomic E-state index is 0.145. The van der Waals surface area contributed by atoms with E-state index < -0.39 is 0 Å². The van der Waals surface area contributed by atoms with Gasteiger partial charge in [0.2, 0.25) is 5.91 Å². The van der Waals surface area contributed by atoms with Crippen LogP contribution in [0, 0.1) is 13.8 Å². The summed E-state index contributed by atoms with van der Waals surface area (Å²) in [6.07, 6.45) is 0.586. The highest BCUT2D eigenvalue weighted by atomic mass is 16.6. The standard InChI is InChI=1S/C22H22N2O4/c1-13-3-4-15-11-16(22(26)24-21(15)14(13)2)5-8-20(25)23-17-6-7-18-19(12-17)28-10-9-27-18/h3-4,6-7,11-12H,5,8-10H2,1-2H3,(H,23,25)(H,24,26). The highest BCUT2D eigenvalue weighted by Crippen LogP contribution is 2.32. The molecule has 2 heterocycles. The van der Waals surface area contributed by atoms with Crippen molar-refractivity contribution in [1.29, 1.82) is 0 Å². The van der Waals surface area contributed by atoms with Gasteiger partial charge in [0.15, 0.2) is 11.5 Å². The zero-order valence-corrected chi connectivity index (χ0v) is 15.9. The van der Waals surface area contributed by atoms with Crippen LogP contribution in [0.15, 0.2) is 41.2 Å². The van der Waals surface area contributed by atoms with Crippen LogP contribution in [0.3, 0.4) is 0 Å². The lowest BCUT2D eigenvalue weighted by molar-refractivity contribution is -0.116. The molecule has 1 aliphatic rings. The van der Waals surface area contributed by atoms with E-state index in [0.717, 1.165) is 22.0 Å². The monoisotopic (exact) mass is 378 g/mol. The molecule has 1 aromatic heterocycles. The number of pyridine rings is 1. The predicted octanol–water partition coefficient (Wildman–Crippen LogP) is 3.49. The van der Waals surface area contributed by atoms with Crippen molar-refractivity contribution in [2.45, 2.75) is 26.7 Å². The summed E-state index contributed by atoms with van der Waals surface area (Å²) in [5.41, 5.74) is 4.16. The van der Waals surface area contributed by atoms with Gasteiger partial charge in [0.25, 0.3) is 5.56 Å². The Morgan fingerprint density at radius 2 is 1.86 bits per heavy atom. The lowest BCUT2D eigenvalue weighted by Gasteiger charge is -2.19. The molecule has 1 amide bonds. The van der Waals surface area contributed by atoms with Gasteiger partial charge < -0.3 is 19.8 Å². The maximum absolute atomic E-state index is 12.4. The van der Waals surface area contributed by atoms with E-state index in [0.29, 0.717) is 42.4 Å². The fourth-order valence-electron chi connectivity index (χ4n) is 3.35. The number of aromatic amines is 1. The molecule has 6 heteroatoms. The highest BCUT2D eigenvalue weighted by molar-refractivity contribution is 5.91. The topological polar surface area (TPSA) is 80.4 Å². The summed E-state index contributed by atoms with van der Waals surface area (Å²) in [6, 6.07) is 11.2. The summed E-state index contributed by atoms with van der Waals surface area (Å²) in [4.78, 5) is 27.7. The number of hydrogen-bond donors (Lipinski definition) is 2. The molecule has 0 radical (unpaired) electrons. The van der Waals surface area contributed by atoms with Crippen LogP contribution in [0.4, 0.5) is 5.69 Å². The number of H-pyrrole nitrogens is 1. The summed E-state index contributed by atoms with van der Waals surface area (Å²) in [5.74, 6) is 1.15. The lowest BCUT2D eigenvalue weighted by Crippen LogP contribution is -2.18. The molecule has 6 nitrogen and oxygen atoms in total. The van der Waals surface area contributed by atoms with E-state index in [4.69, 9.17) is 9.47 Å². The number of carbonyl (C=O) groups excluding carboxylic acids is 1. The predicted molar refractivity (Wildman–Crippen MR) is 108 cm³/mol. The number of nitrogens with one attached hydrogen (secondary N) is 2. The minimum Gasteiger partial charge on any atom is -0.486 e. The molecule has 0 fully saturated rings. The summed E-state index contributed by atoms with van der Waals surface area (Å²) >= 11 is 0. The molecule has 0 unspecified atom stereocenters. The highest BCUT2D eigenvalue weighted by Gasteiger charge is 2.13. The Balaban J connectivity index is 1.45. The first-order valence-corrected chi connectivity index (χ1v) is 9.33. The van der Waals surface area contributed by atoms with Crippen LogP contribution in [0.1, 0.15) is 23.1 Å². The Morgan fingerprint density at radius 1 is 1.07 bits per heavy atom. The van der Waals surface area contributed by atoms with Gasteiger partial charge in [0.1, 0.15) is 13.2 Å². The number of amides is 1. The van der Waals surface area contributed by atoms with Gasteiger partial charge in [-0.2, -0.15) is 0 Å². The zero-order chi connectivity index (χ0) is 19.7. The number of rotatable bonds is 4. The largest absolute Gasteiger partial charge is 0.486 e. The number of fused-ring (bicyclic) bond motifs is 2. The summed E-state index contributed by atoms with van der Waals surface area (Å²) < 4.78 is 11.0. The number of aryl methyl sites for hydroxylation is 3. The summed E-state index contributed by atoms with van der Waals surface area (Å²) in [5, 5.41) is 3.83. The second-order valence-electron chi connectivity index (χ2n) is 7.00. The number of aromatic nitrogens is 1. The first-order chi connectivity index (χ1) is 13.5. The molecule has 0 saturated heterocycles. The van der Waals surface area contributed by atoms with Crippen molar-refractivity contribution in [3.05, 3.63) is 63.4 Å². The zero-order valence-electron chi connectivity index (χ0n) is 15.9. The van der Waals surface area contributed by atoms with Crippen molar-refractivity contribution >= 4 is 22.5 Å². The van der Waals surface area contributed by atoms with Crippen LogP contribution < -0.4 is 20.3 Å². The average Bonchev–Trinajstić information content (AvgIpc) is 2.70. The summed E-state index contributed by atoms with van der Waals surface area (Å²) in [7, 11) is 0. The fraction of sp³-hybridized carbons (Fsp3) is 0.273. The van der Waals surface area contributed by atoms with Gasteiger partial charge in [-0.05, 0) is 55.0 Å². The van der Waals surface area contributed by atoms with Crippen molar-refractivity contribution in [1.82, 2.24) is 4.98 Å². The van der Waals surface area contributed by atoms with Gasteiger partial charge in [-0.25, -0.2) is 0 Å². The van der Waals surface area contributed by atoms with Crippen LogP contribution >= 0.6 is 0 Å². The van der Waals surface area contributed by atoms with Crippen LogP contribution in [-0.2, 0) is 11.2 Å². The third-order valence-electron chi connectivity index (χ3n) is 5.08. The molecule has 0 atom stereocenters. The molecule has 2 N–H and O–H groups in total. The molecule has 3 aromatic rings. The second-order valence-corrected chi connectivity index (χ2v) is 7.00. The van der Waals surface area contributed by atoms with Crippen molar-refractivity contribution in [3.8, 4) is 11.5 Å². The molecule has 1 aliphatic heterocycles. The lowest BCUT2D eigenvalue weighted by atomic mass is 10.0. The molecule has 2 aromatic carbocycles. The molecular weight excluding hydrogens is 356 g/mol. The molecule has 0 aliphatic carbocycles. The van der Waals surface area contributed by atoms with Gasteiger partial charge in [0.05, 0.1) is 5.52 Å². The second kappa shape index (κ2) is 7.38. The third kappa shape index (κ3) is 3.58. The maximum atomic E-state index is 12.4. The normalized spacial score (nSPS) is 12.8. The Morgan fingerprint density at radius 3 is 2.68 bits per heavy atom. The van der Waals surface area contributed by atoms with E-state index in [2.05, 4.69) is 10.3 Å². The average molecular weight is 378 g/mol. The van der Waals surface area contributed by atoms with Gasteiger partial charge >= 0.3 is 0 Å². The van der Waals surface area contributed by atoms with Gasteiger partial charge in [-0.3, -0.25) is 9.59 Å². The molecule has 0 saturated carbocycles. The number of benzene rings is 2. The van der Waals surface area contributed by atoms with E-state index >= 15 is 0 Å². The van der Waals surface area contributed by atoms with E-state index in [9.17, 15) is 9.59 Å². The van der Waals surface area contributed by atoms with Crippen LogP contribution in [0.25, 0.3) is 10.9 Å². The van der Waals surface area contributed by atoms with Gasteiger partial charge in [-0.15, -0.1) is 0 Å². The smallest absolute Gasteiger partial charge is 0.251 e. The number of carbonyl (C=O) groups is 1. The quantitative estimate of drug-likeness (QED) is 0.728. The van der Waals surface area contributed by atoms with E-state index in [-0.39, 0.29) is 17.9 Å². The van der Waals surface area contributed by atoms with E-state index in [1.807, 2.05) is 32.0 Å². The Hall–Kier alpha value is -3.28. The van der Waals surface area contributed by atoms with E-state index in [1.165, 1.54) is 0 Å². The van der Waals surface area contributed by atoms with E-state index in [1.54, 1.807) is 18.2 Å². The van der Waals surface area contributed by atoms with Crippen molar-refractivity contribution in [2.24, 2.45) is 0 Å². The molecule has 0 spiro atoms. The number of anilines is 1. The van der Waals surface area contributed by atoms with Crippen LogP contribution in [0.2, 0.25) is 0 Å². The van der Waals surface area contributed by atoms with Crippen LogP contribution in [0.5, 0.6) is 11.5 Å². The Labute approximate surface area is 162 Å². The van der Waals surface area contributed by atoms with Crippen LogP contribution in [-0.4, -0.2) is 24.1 Å². The first kappa shape index (κ1) is 18.1. The van der Waals surface area contributed by atoms with Gasteiger partial charge in [-0.1, -0.05) is 12.1 Å². The first-order valence-electron chi connectivity index (χ1n) is 9.33. The van der Waals surface area contributed by atoms with Crippen molar-refractivity contribution < 1.29 is 14.3 Å². The number of hydrogen-bond acceptors (Lipinski definition) is 4. The third-order valence-corrected chi connectivity index (χ3v) is 5.08. The Kier molecular flexibility index (Phi) is 4.77. The minimum atomic E-state index is -0.156. The molecule has 0 bridgehead atoms. The molecule has 4 rings (SSSR count).